The summed E-state index contributed by atoms with van der Waals surface area (Å²) in [7, 11) is 0. The van der Waals surface area contributed by atoms with Crippen molar-refractivity contribution in [3.63, 3.8) is 0 Å². The van der Waals surface area contributed by atoms with Crippen LogP contribution in [0.4, 0.5) is 35.9 Å². The molecule has 4 aromatic heterocycles. The third kappa shape index (κ3) is 7.47. The molecular formula is C55H45F3N4O6. The van der Waals surface area contributed by atoms with E-state index in [2.05, 4.69) is 70.0 Å². The van der Waals surface area contributed by atoms with E-state index in [-0.39, 0.29) is 56.2 Å². The quantitative estimate of drug-likeness (QED) is 0.123. The lowest BCUT2D eigenvalue weighted by Gasteiger charge is -2.33. The Morgan fingerprint density at radius 1 is 0.500 bits per heavy atom. The molecule has 0 bridgehead atoms. The molecule has 10 rings (SSSR count). The largest absolute Gasteiger partial charge is 0.436 e. The number of aryl methyl sites for hydroxylation is 4. The van der Waals surface area contributed by atoms with E-state index in [0.717, 1.165) is 51.9 Å². The lowest BCUT2D eigenvalue weighted by molar-refractivity contribution is -0.173. The Kier molecular flexibility index (Phi) is 10.6. The molecule has 0 radical (unpaired) electrons. The summed E-state index contributed by atoms with van der Waals surface area (Å²) in [4.78, 5) is 40.2. The second kappa shape index (κ2) is 16.4. The van der Waals surface area contributed by atoms with Crippen LogP contribution in [0.15, 0.2) is 149 Å². The standard InChI is InChI=1S/C55H45F3N4O6/c1-8-61(44-18-10-30(3)22-32(44)5)38-16-12-34-24-40(52(63)67-48(34)28-38)50-59-42-26-36(14-20-46(42)65-50)54(7,55(56,57)58)37-15-21-47-43(27-37)60-51(66-47)41-25-35-13-17-39(29-49(35)68-53(41)64)62(9-2)45-19-11-31(4)23-33(45)6/h10-29H,8-9H2,1-7H3. The van der Waals surface area contributed by atoms with Crippen molar-refractivity contribution in [1.29, 1.82) is 0 Å². The number of hydrogen-bond donors (Lipinski definition) is 0. The average molecular weight is 915 g/mol. The molecule has 6 aromatic carbocycles. The van der Waals surface area contributed by atoms with Gasteiger partial charge in [0.25, 0.3) is 0 Å². The summed E-state index contributed by atoms with van der Waals surface area (Å²) in [5.41, 5.74) is 5.40. The third-order valence-electron chi connectivity index (χ3n) is 12.9. The van der Waals surface area contributed by atoms with Crippen LogP contribution in [0, 0.1) is 27.7 Å². The number of benzene rings is 6. The number of oxazole rings is 2. The van der Waals surface area contributed by atoms with Gasteiger partial charge in [0.15, 0.2) is 11.2 Å². The van der Waals surface area contributed by atoms with Crippen molar-refractivity contribution in [3.05, 3.63) is 176 Å². The van der Waals surface area contributed by atoms with Gasteiger partial charge >= 0.3 is 17.4 Å². The molecule has 68 heavy (non-hydrogen) atoms. The Bertz CT molecular complexity index is 3520. The fourth-order valence-electron chi connectivity index (χ4n) is 9.24. The molecule has 0 fully saturated rings. The summed E-state index contributed by atoms with van der Waals surface area (Å²) in [6.07, 6.45) is -4.80. The van der Waals surface area contributed by atoms with Crippen molar-refractivity contribution in [3.8, 4) is 22.9 Å². The Morgan fingerprint density at radius 3 is 1.31 bits per heavy atom. The van der Waals surface area contributed by atoms with Gasteiger partial charge in [0.2, 0.25) is 11.8 Å². The molecule has 0 atom stereocenters. The minimum atomic E-state index is -4.80. The number of hydrogen-bond acceptors (Lipinski definition) is 10. The van der Waals surface area contributed by atoms with Crippen molar-refractivity contribution < 1.29 is 30.8 Å². The second-order valence-corrected chi connectivity index (χ2v) is 17.4. The van der Waals surface area contributed by atoms with Gasteiger partial charge in [-0.1, -0.05) is 47.5 Å². The fraction of sp³-hybridized carbons (Fsp3) is 0.200. The van der Waals surface area contributed by atoms with Crippen molar-refractivity contribution in [2.24, 2.45) is 0 Å². The van der Waals surface area contributed by atoms with Gasteiger partial charge in [0.05, 0.1) is 0 Å². The summed E-state index contributed by atoms with van der Waals surface area (Å²) >= 11 is 0. The van der Waals surface area contributed by atoms with Crippen molar-refractivity contribution in [2.45, 2.75) is 60.1 Å². The van der Waals surface area contributed by atoms with Crippen LogP contribution in [0.2, 0.25) is 0 Å². The first kappa shape index (κ1) is 43.9. The number of halogens is 3. The molecule has 0 amide bonds. The monoisotopic (exact) mass is 914 g/mol. The molecule has 0 aliphatic carbocycles. The van der Waals surface area contributed by atoms with E-state index < -0.39 is 22.8 Å². The molecule has 0 aliphatic rings. The Morgan fingerprint density at radius 2 is 0.926 bits per heavy atom. The van der Waals surface area contributed by atoms with Gasteiger partial charge < -0.3 is 27.5 Å². The first-order chi connectivity index (χ1) is 32.5. The second-order valence-electron chi connectivity index (χ2n) is 17.4. The fourth-order valence-corrected chi connectivity index (χ4v) is 9.24. The van der Waals surface area contributed by atoms with E-state index in [0.29, 0.717) is 35.0 Å². The molecule has 13 heteroatoms. The van der Waals surface area contributed by atoms with Crippen LogP contribution in [-0.4, -0.2) is 29.2 Å². The summed E-state index contributed by atoms with van der Waals surface area (Å²) in [5.74, 6) is -0.182. The van der Waals surface area contributed by atoms with Crippen LogP contribution in [0.1, 0.15) is 54.2 Å². The normalized spacial score (nSPS) is 12.2. The number of rotatable bonds is 10. The van der Waals surface area contributed by atoms with Gasteiger partial charge in [-0.05, 0) is 144 Å². The Labute approximate surface area is 387 Å². The summed E-state index contributed by atoms with van der Waals surface area (Å²) in [6, 6.07) is 34.9. The SMILES string of the molecule is CCN(c1ccc2cc(-c3nc4cc(C(C)(c5ccc6oc(-c7cc8ccc(N(CC)c9ccc(C)cc9C)cc8oc7=O)nc6c5)C(F)(F)F)ccc4o3)c(=O)oc2c1)c1ccc(C)cc1C. The van der Waals surface area contributed by atoms with E-state index in [4.69, 9.17) is 17.7 Å². The molecule has 0 saturated heterocycles. The molecule has 0 aliphatic heterocycles. The zero-order valence-electron chi connectivity index (χ0n) is 38.3. The lowest BCUT2D eigenvalue weighted by atomic mass is 9.75. The summed E-state index contributed by atoms with van der Waals surface area (Å²) in [5, 5.41) is 1.23. The predicted octanol–water partition coefficient (Wildman–Crippen LogP) is 13.9. The number of anilines is 4. The van der Waals surface area contributed by atoms with Crippen LogP contribution < -0.4 is 21.1 Å². The first-order valence-electron chi connectivity index (χ1n) is 22.3. The third-order valence-corrected chi connectivity index (χ3v) is 12.9. The molecule has 0 saturated carbocycles. The summed E-state index contributed by atoms with van der Waals surface area (Å²) in [6.45, 7) is 14.7. The number of fused-ring (bicyclic) bond motifs is 4. The highest BCUT2D eigenvalue weighted by molar-refractivity contribution is 5.88. The summed E-state index contributed by atoms with van der Waals surface area (Å²) < 4.78 is 70.0. The predicted molar refractivity (Wildman–Crippen MR) is 261 cm³/mol. The lowest BCUT2D eigenvalue weighted by Crippen LogP contribution is -2.40. The highest BCUT2D eigenvalue weighted by Gasteiger charge is 2.54. The number of aromatic nitrogens is 2. The number of alkyl halides is 3. The molecule has 10 nitrogen and oxygen atoms in total. The van der Waals surface area contributed by atoms with Crippen molar-refractivity contribution in [1.82, 2.24) is 9.97 Å². The van der Waals surface area contributed by atoms with E-state index in [9.17, 15) is 9.59 Å². The maximum Gasteiger partial charge on any atom is 0.402 e. The highest BCUT2D eigenvalue weighted by Crippen LogP contribution is 2.48. The van der Waals surface area contributed by atoms with Crippen LogP contribution >= 0.6 is 0 Å². The minimum absolute atomic E-state index is 0.0251. The zero-order chi connectivity index (χ0) is 47.8. The Hall–Kier alpha value is -7.93. The van der Waals surface area contributed by atoms with Gasteiger partial charge in [-0.25, -0.2) is 19.6 Å². The van der Waals surface area contributed by atoms with Gasteiger partial charge in [-0.2, -0.15) is 13.2 Å². The van der Waals surface area contributed by atoms with Gasteiger partial charge in [-0.3, -0.25) is 0 Å². The van der Waals surface area contributed by atoms with Gasteiger partial charge in [-0.15, -0.1) is 0 Å². The van der Waals surface area contributed by atoms with Crippen LogP contribution in [0.5, 0.6) is 0 Å². The topological polar surface area (TPSA) is 119 Å². The van der Waals surface area contributed by atoms with Gasteiger partial charge in [0, 0.05) is 58.7 Å². The van der Waals surface area contributed by atoms with Crippen LogP contribution in [0.3, 0.4) is 0 Å². The molecule has 0 unspecified atom stereocenters. The maximum absolute atomic E-state index is 15.5. The molecule has 0 spiro atoms. The molecule has 342 valence electrons. The molecule has 4 heterocycles. The Balaban J connectivity index is 0.957. The molecular weight excluding hydrogens is 870 g/mol. The highest BCUT2D eigenvalue weighted by atomic mass is 19.4. The minimum Gasteiger partial charge on any atom is -0.436 e. The smallest absolute Gasteiger partial charge is 0.402 e. The molecule has 10 aromatic rings. The zero-order valence-corrected chi connectivity index (χ0v) is 38.3. The van der Waals surface area contributed by atoms with E-state index in [1.807, 2.05) is 52.0 Å². The van der Waals surface area contributed by atoms with Crippen molar-refractivity contribution >= 4 is 66.9 Å². The van der Waals surface area contributed by atoms with Crippen LogP contribution in [-0.2, 0) is 5.41 Å². The van der Waals surface area contributed by atoms with E-state index in [1.165, 1.54) is 36.4 Å². The number of nitrogens with zero attached hydrogens (tertiary/aromatic N) is 4. The van der Waals surface area contributed by atoms with Crippen LogP contribution in [0.25, 0.3) is 67.0 Å². The first-order valence-corrected chi connectivity index (χ1v) is 22.3. The molecule has 0 N–H and O–H groups in total. The van der Waals surface area contributed by atoms with E-state index >= 15 is 13.2 Å². The van der Waals surface area contributed by atoms with Crippen molar-refractivity contribution in [2.75, 3.05) is 22.9 Å². The average Bonchev–Trinajstić information content (AvgIpc) is 3.93. The maximum atomic E-state index is 15.5. The van der Waals surface area contributed by atoms with E-state index in [1.54, 1.807) is 24.3 Å². The van der Waals surface area contributed by atoms with Gasteiger partial charge in [0.1, 0.15) is 38.7 Å².